The normalized spacial score (nSPS) is 14.0. The lowest BCUT2D eigenvalue weighted by Gasteiger charge is -2.15. The summed E-state index contributed by atoms with van der Waals surface area (Å²) in [6.07, 6.45) is -0.280. The van der Waals surface area contributed by atoms with Crippen LogP contribution in [0.4, 0.5) is 4.79 Å². The Balaban J connectivity index is 1.71. The number of amides is 1. The van der Waals surface area contributed by atoms with Crippen molar-refractivity contribution in [3.05, 3.63) is 64.4 Å². The number of ether oxygens (including phenoxy) is 1. The molecule has 7 heteroatoms. The van der Waals surface area contributed by atoms with Crippen LogP contribution >= 0.6 is 11.8 Å². The van der Waals surface area contributed by atoms with E-state index in [1.165, 1.54) is 11.8 Å². The van der Waals surface area contributed by atoms with E-state index in [-0.39, 0.29) is 11.7 Å². The molecule has 0 saturated carbocycles. The van der Waals surface area contributed by atoms with Crippen LogP contribution < -0.4 is 5.56 Å². The zero-order valence-corrected chi connectivity index (χ0v) is 15.7. The van der Waals surface area contributed by atoms with Gasteiger partial charge in [0.1, 0.15) is 6.61 Å². The molecule has 4 rings (SSSR count). The third kappa shape index (κ3) is 3.55. The van der Waals surface area contributed by atoms with Crippen LogP contribution in [-0.2, 0) is 4.74 Å². The van der Waals surface area contributed by atoms with Gasteiger partial charge in [0.2, 0.25) is 0 Å². The fourth-order valence-electron chi connectivity index (χ4n) is 3.01. The molecule has 3 aromatic rings. The highest BCUT2D eigenvalue weighted by Crippen LogP contribution is 2.22. The predicted octanol–water partition coefficient (Wildman–Crippen LogP) is 3.24. The minimum atomic E-state index is -0.280. The number of carbonyl (C=O) groups excluding carboxylic acids is 1. The Kier molecular flexibility index (Phi) is 4.85. The second-order valence-electron chi connectivity index (χ2n) is 6.34. The molecule has 0 bridgehead atoms. The SMILES string of the molecule is Cc1ccc(-n2c(SCCN3CCOC3=O)nc3ccccc3c2=O)cc1. The number of nitrogens with zero attached hydrogens (tertiary/aromatic N) is 3. The van der Waals surface area contributed by atoms with Crippen LogP contribution in [0.3, 0.4) is 0 Å². The maximum absolute atomic E-state index is 13.1. The molecule has 0 unspecified atom stereocenters. The van der Waals surface area contributed by atoms with E-state index >= 15 is 0 Å². The van der Waals surface area contributed by atoms with E-state index in [1.807, 2.05) is 49.4 Å². The first kappa shape index (κ1) is 17.6. The number of thioether (sulfide) groups is 1. The summed E-state index contributed by atoms with van der Waals surface area (Å²) in [7, 11) is 0. The second-order valence-corrected chi connectivity index (χ2v) is 7.40. The van der Waals surface area contributed by atoms with Crippen molar-refractivity contribution < 1.29 is 9.53 Å². The van der Waals surface area contributed by atoms with Gasteiger partial charge in [0.15, 0.2) is 5.16 Å². The Hall–Kier alpha value is -2.80. The maximum atomic E-state index is 13.1. The van der Waals surface area contributed by atoms with Crippen LogP contribution in [0.2, 0.25) is 0 Å². The number of aromatic nitrogens is 2. The highest BCUT2D eigenvalue weighted by Gasteiger charge is 2.21. The van der Waals surface area contributed by atoms with E-state index in [1.54, 1.807) is 15.5 Å². The number of para-hydroxylation sites is 1. The number of fused-ring (bicyclic) bond motifs is 1. The van der Waals surface area contributed by atoms with Gasteiger partial charge in [-0.1, -0.05) is 41.6 Å². The van der Waals surface area contributed by atoms with Crippen LogP contribution in [0.1, 0.15) is 5.56 Å². The Morgan fingerprint density at radius 2 is 1.89 bits per heavy atom. The van der Waals surface area contributed by atoms with E-state index in [9.17, 15) is 9.59 Å². The standard InChI is InChI=1S/C20H19N3O3S/c1-14-6-8-15(9-7-14)23-18(24)16-4-2-3-5-17(16)21-19(23)27-13-11-22-10-12-26-20(22)25/h2-9H,10-13H2,1H3. The summed E-state index contributed by atoms with van der Waals surface area (Å²) in [4.78, 5) is 31.1. The van der Waals surface area contributed by atoms with Crippen molar-refractivity contribution in [2.75, 3.05) is 25.4 Å². The molecule has 1 fully saturated rings. The van der Waals surface area contributed by atoms with Crippen LogP contribution in [0, 0.1) is 6.92 Å². The maximum Gasteiger partial charge on any atom is 0.409 e. The molecular formula is C20H19N3O3S. The third-order valence-electron chi connectivity index (χ3n) is 4.47. The van der Waals surface area contributed by atoms with Gasteiger partial charge in [0, 0.05) is 12.3 Å². The minimum Gasteiger partial charge on any atom is -0.448 e. The number of aryl methyl sites for hydroxylation is 1. The van der Waals surface area contributed by atoms with Crippen LogP contribution in [0.25, 0.3) is 16.6 Å². The number of carbonyl (C=O) groups is 1. The van der Waals surface area contributed by atoms with Gasteiger partial charge in [-0.25, -0.2) is 9.78 Å². The number of cyclic esters (lactones) is 1. The lowest BCUT2D eigenvalue weighted by atomic mass is 10.2. The Morgan fingerprint density at radius 3 is 2.63 bits per heavy atom. The molecule has 1 saturated heterocycles. The number of rotatable bonds is 5. The molecule has 27 heavy (non-hydrogen) atoms. The number of hydrogen-bond donors (Lipinski definition) is 0. The first-order valence-corrected chi connectivity index (χ1v) is 9.75. The summed E-state index contributed by atoms with van der Waals surface area (Å²) in [6.45, 7) is 3.61. The molecule has 0 radical (unpaired) electrons. The molecule has 1 aliphatic heterocycles. The van der Waals surface area contributed by atoms with Gasteiger partial charge >= 0.3 is 6.09 Å². The Labute approximate surface area is 160 Å². The molecule has 6 nitrogen and oxygen atoms in total. The molecule has 0 N–H and O–H groups in total. The average Bonchev–Trinajstić information content (AvgIpc) is 3.08. The first-order valence-electron chi connectivity index (χ1n) is 8.77. The monoisotopic (exact) mass is 381 g/mol. The topological polar surface area (TPSA) is 64.4 Å². The fraction of sp³-hybridized carbons (Fsp3) is 0.250. The highest BCUT2D eigenvalue weighted by atomic mass is 32.2. The first-order chi connectivity index (χ1) is 13.1. The Bertz CT molecular complexity index is 1050. The van der Waals surface area contributed by atoms with Gasteiger partial charge in [-0.2, -0.15) is 0 Å². The van der Waals surface area contributed by atoms with Gasteiger partial charge in [-0.3, -0.25) is 9.36 Å². The number of benzene rings is 2. The van der Waals surface area contributed by atoms with Gasteiger partial charge in [0.05, 0.1) is 23.1 Å². The molecular weight excluding hydrogens is 362 g/mol. The van der Waals surface area contributed by atoms with Crippen LogP contribution in [0.15, 0.2) is 58.5 Å². The van der Waals surface area contributed by atoms with E-state index < -0.39 is 0 Å². The molecule has 1 aliphatic rings. The van der Waals surface area contributed by atoms with Crippen molar-refractivity contribution in [3.8, 4) is 5.69 Å². The summed E-state index contributed by atoms with van der Waals surface area (Å²) in [5, 5.41) is 1.21. The molecule has 2 heterocycles. The van der Waals surface area contributed by atoms with E-state index in [2.05, 4.69) is 0 Å². The summed E-state index contributed by atoms with van der Waals surface area (Å²) < 4.78 is 6.60. The van der Waals surface area contributed by atoms with E-state index in [0.29, 0.717) is 41.5 Å². The zero-order valence-electron chi connectivity index (χ0n) is 14.9. The minimum absolute atomic E-state index is 0.0902. The highest BCUT2D eigenvalue weighted by molar-refractivity contribution is 7.99. The molecule has 0 atom stereocenters. The molecule has 0 spiro atoms. The van der Waals surface area contributed by atoms with E-state index in [0.717, 1.165) is 11.3 Å². The van der Waals surface area contributed by atoms with Crippen molar-refractivity contribution in [2.45, 2.75) is 12.1 Å². The lowest BCUT2D eigenvalue weighted by molar-refractivity contribution is 0.160. The summed E-state index contributed by atoms with van der Waals surface area (Å²) in [5.74, 6) is 0.631. The van der Waals surface area contributed by atoms with Crippen LogP contribution in [0.5, 0.6) is 0 Å². The molecule has 0 aliphatic carbocycles. The van der Waals surface area contributed by atoms with Gasteiger partial charge in [-0.15, -0.1) is 0 Å². The molecule has 1 aromatic heterocycles. The fourth-order valence-corrected chi connectivity index (χ4v) is 3.98. The van der Waals surface area contributed by atoms with Crippen molar-refractivity contribution in [2.24, 2.45) is 0 Å². The Morgan fingerprint density at radius 1 is 1.11 bits per heavy atom. The third-order valence-corrected chi connectivity index (χ3v) is 5.39. The smallest absolute Gasteiger partial charge is 0.409 e. The van der Waals surface area contributed by atoms with Crippen molar-refractivity contribution >= 4 is 28.8 Å². The summed E-state index contributed by atoms with van der Waals surface area (Å²) in [5.41, 5.74) is 2.50. The quantitative estimate of drug-likeness (QED) is 0.501. The zero-order chi connectivity index (χ0) is 18.8. The van der Waals surface area contributed by atoms with Crippen molar-refractivity contribution in [3.63, 3.8) is 0 Å². The summed E-state index contributed by atoms with van der Waals surface area (Å²) in [6, 6.07) is 15.2. The van der Waals surface area contributed by atoms with Crippen molar-refractivity contribution in [1.29, 1.82) is 0 Å². The summed E-state index contributed by atoms with van der Waals surface area (Å²) >= 11 is 1.47. The lowest BCUT2D eigenvalue weighted by Crippen LogP contribution is -2.27. The number of hydrogen-bond acceptors (Lipinski definition) is 5. The van der Waals surface area contributed by atoms with Gasteiger partial charge < -0.3 is 9.64 Å². The van der Waals surface area contributed by atoms with E-state index in [4.69, 9.17) is 9.72 Å². The molecule has 138 valence electrons. The second kappa shape index (κ2) is 7.44. The average molecular weight is 381 g/mol. The molecule has 1 amide bonds. The van der Waals surface area contributed by atoms with Crippen LogP contribution in [-0.4, -0.2) is 46.0 Å². The molecule has 2 aromatic carbocycles. The van der Waals surface area contributed by atoms with Gasteiger partial charge in [-0.05, 0) is 31.2 Å². The van der Waals surface area contributed by atoms with Crippen molar-refractivity contribution in [1.82, 2.24) is 14.5 Å². The largest absolute Gasteiger partial charge is 0.448 e. The van der Waals surface area contributed by atoms with Gasteiger partial charge in [0.25, 0.3) is 5.56 Å². The predicted molar refractivity (Wildman–Crippen MR) is 106 cm³/mol.